The Morgan fingerprint density at radius 1 is 1.12 bits per heavy atom. The molecule has 1 aliphatic carbocycles. The van der Waals surface area contributed by atoms with Crippen molar-refractivity contribution in [1.29, 1.82) is 0 Å². The second-order valence-electron chi connectivity index (χ2n) is 7.63. The standard InChI is InChI=1S/C20H26N2O3/c1-14-9-11-16(12-10-14)20(2)18(24)22(19(25)21(20)3)13-17(23)15-7-5-4-6-8-15/h4-8,14,16H,9-13H2,1-3H3. The van der Waals surface area contributed by atoms with E-state index < -0.39 is 5.54 Å². The molecule has 3 rings (SSSR count). The highest BCUT2D eigenvalue weighted by Gasteiger charge is 2.56. The molecule has 0 radical (unpaired) electrons. The third-order valence-corrected chi connectivity index (χ3v) is 6.10. The van der Waals surface area contributed by atoms with E-state index in [1.807, 2.05) is 13.0 Å². The lowest BCUT2D eigenvalue weighted by atomic mass is 9.72. The predicted octanol–water partition coefficient (Wildman–Crippen LogP) is 3.35. The smallest absolute Gasteiger partial charge is 0.313 e. The van der Waals surface area contributed by atoms with E-state index in [1.165, 1.54) is 0 Å². The number of benzene rings is 1. The molecular weight excluding hydrogens is 316 g/mol. The van der Waals surface area contributed by atoms with Crippen molar-refractivity contribution in [2.45, 2.75) is 45.1 Å². The lowest BCUT2D eigenvalue weighted by Gasteiger charge is -2.40. The van der Waals surface area contributed by atoms with Gasteiger partial charge < -0.3 is 4.90 Å². The molecule has 2 fully saturated rings. The Hall–Kier alpha value is -2.17. The number of nitrogens with zero attached hydrogens (tertiary/aromatic N) is 2. The zero-order chi connectivity index (χ0) is 18.2. The predicted molar refractivity (Wildman–Crippen MR) is 95.2 cm³/mol. The van der Waals surface area contributed by atoms with Crippen LogP contribution in [-0.2, 0) is 4.79 Å². The first-order valence-electron chi connectivity index (χ1n) is 9.03. The molecule has 0 aromatic heterocycles. The van der Waals surface area contributed by atoms with Crippen LogP contribution in [0.3, 0.4) is 0 Å². The van der Waals surface area contributed by atoms with Crippen molar-refractivity contribution in [2.24, 2.45) is 11.8 Å². The van der Waals surface area contributed by atoms with Gasteiger partial charge >= 0.3 is 6.03 Å². The first-order chi connectivity index (χ1) is 11.9. The zero-order valence-electron chi connectivity index (χ0n) is 15.2. The van der Waals surface area contributed by atoms with Gasteiger partial charge in [0.15, 0.2) is 5.78 Å². The molecule has 25 heavy (non-hydrogen) atoms. The molecule has 2 aliphatic rings. The van der Waals surface area contributed by atoms with Crippen LogP contribution in [0.1, 0.15) is 49.9 Å². The number of ketones is 1. The highest BCUT2D eigenvalue weighted by atomic mass is 16.2. The highest BCUT2D eigenvalue weighted by Crippen LogP contribution is 2.42. The number of carbonyl (C=O) groups excluding carboxylic acids is 3. The van der Waals surface area contributed by atoms with E-state index in [2.05, 4.69) is 6.92 Å². The molecule has 1 saturated heterocycles. The Bertz CT molecular complexity index is 679. The average molecular weight is 342 g/mol. The molecule has 1 aliphatic heterocycles. The minimum absolute atomic E-state index is 0.155. The summed E-state index contributed by atoms with van der Waals surface area (Å²) < 4.78 is 0. The molecule has 1 atom stereocenters. The number of carbonyl (C=O) groups is 3. The Labute approximate surface area is 149 Å². The number of urea groups is 1. The van der Waals surface area contributed by atoms with E-state index in [0.717, 1.165) is 30.6 Å². The third kappa shape index (κ3) is 2.96. The second-order valence-corrected chi connectivity index (χ2v) is 7.63. The monoisotopic (exact) mass is 342 g/mol. The third-order valence-electron chi connectivity index (χ3n) is 6.10. The molecule has 1 aromatic carbocycles. The summed E-state index contributed by atoms with van der Waals surface area (Å²) in [4.78, 5) is 40.9. The van der Waals surface area contributed by atoms with Crippen molar-refractivity contribution in [3.8, 4) is 0 Å². The van der Waals surface area contributed by atoms with Gasteiger partial charge in [-0.25, -0.2) is 4.79 Å². The summed E-state index contributed by atoms with van der Waals surface area (Å²) in [7, 11) is 1.69. The zero-order valence-corrected chi connectivity index (χ0v) is 15.2. The second kappa shape index (κ2) is 6.62. The van der Waals surface area contributed by atoms with Crippen molar-refractivity contribution < 1.29 is 14.4 Å². The number of hydrogen-bond donors (Lipinski definition) is 0. The maximum Gasteiger partial charge on any atom is 0.327 e. The number of amides is 3. The molecule has 1 saturated carbocycles. The molecule has 3 amide bonds. The average Bonchev–Trinajstić information content (AvgIpc) is 2.79. The van der Waals surface area contributed by atoms with E-state index in [1.54, 1.807) is 36.2 Å². The van der Waals surface area contributed by atoms with Crippen LogP contribution < -0.4 is 0 Å². The van der Waals surface area contributed by atoms with Gasteiger partial charge in [0.05, 0.1) is 6.54 Å². The van der Waals surface area contributed by atoms with Gasteiger partial charge in [0.25, 0.3) is 5.91 Å². The van der Waals surface area contributed by atoms with Crippen molar-refractivity contribution in [3.05, 3.63) is 35.9 Å². The number of likely N-dealkylation sites (N-methyl/N-ethyl adjacent to an activating group) is 1. The van der Waals surface area contributed by atoms with Crippen LogP contribution in [0, 0.1) is 11.8 Å². The molecule has 0 N–H and O–H groups in total. The quantitative estimate of drug-likeness (QED) is 0.623. The minimum Gasteiger partial charge on any atom is -0.313 e. The molecule has 1 aromatic rings. The van der Waals surface area contributed by atoms with E-state index in [0.29, 0.717) is 11.5 Å². The van der Waals surface area contributed by atoms with Gasteiger partial charge in [-0.1, -0.05) is 50.1 Å². The first kappa shape index (κ1) is 17.6. The van der Waals surface area contributed by atoms with E-state index in [4.69, 9.17) is 0 Å². The fourth-order valence-corrected chi connectivity index (χ4v) is 4.15. The maximum absolute atomic E-state index is 13.1. The summed E-state index contributed by atoms with van der Waals surface area (Å²) in [5.74, 6) is 0.385. The summed E-state index contributed by atoms with van der Waals surface area (Å²) in [5, 5.41) is 0. The molecule has 1 unspecified atom stereocenters. The molecule has 0 spiro atoms. The van der Waals surface area contributed by atoms with Crippen LogP contribution in [0.4, 0.5) is 4.79 Å². The Kier molecular flexibility index (Phi) is 4.67. The van der Waals surface area contributed by atoms with Gasteiger partial charge in [0, 0.05) is 12.6 Å². The van der Waals surface area contributed by atoms with Gasteiger partial charge in [-0.3, -0.25) is 14.5 Å². The van der Waals surface area contributed by atoms with Gasteiger partial charge in [-0.2, -0.15) is 0 Å². The molecule has 5 heteroatoms. The van der Waals surface area contributed by atoms with Crippen LogP contribution in [-0.4, -0.2) is 46.7 Å². The number of Topliss-reactive ketones (excluding diaryl/α,β-unsaturated/α-hetero) is 1. The van der Waals surface area contributed by atoms with Crippen LogP contribution in [0.15, 0.2) is 30.3 Å². The van der Waals surface area contributed by atoms with Crippen LogP contribution in [0.25, 0.3) is 0 Å². The Morgan fingerprint density at radius 2 is 1.72 bits per heavy atom. The summed E-state index contributed by atoms with van der Waals surface area (Å²) in [5.41, 5.74) is -0.320. The van der Waals surface area contributed by atoms with Gasteiger partial charge in [0.1, 0.15) is 5.54 Å². The molecular formula is C20H26N2O3. The normalized spacial score (nSPS) is 30.0. The van der Waals surface area contributed by atoms with E-state index in [9.17, 15) is 14.4 Å². The molecule has 0 bridgehead atoms. The van der Waals surface area contributed by atoms with E-state index in [-0.39, 0.29) is 30.2 Å². The Morgan fingerprint density at radius 3 is 2.32 bits per heavy atom. The van der Waals surface area contributed by atoms with Crippen LogP contribution >= 0.6 is 0 Å². The fraction of sp³-hybridized carbons (Fsp3) is 0.550. The van der Waals surface area contributed by atoms with Crippen molar-refractivity contribution in [3.63, 3.8) is 0 Å². The highest BCUT2D eigenvalue weighted by molar-refractivity contribution is 6.11. The SMILES string of the molecule is CC1CCC(C2(C)C(=O)N(CC(=O)c3ccccc3)C(=O)N2C)CC1. The maximum atomic E-state index is 13.1. The summed E-state index contributed by atoms with van der Waals surface area (Å²) >= 11 is 0. The van der Waals surface area contributed by atoms with Gasteiger partial charge in [-0.15, -0.1) is 0 Å². The van der Waals surface area contributed by atoms with Crippen molar-refractivity contribution in [1.82, 2.24) is 9.80 Å². The largest absolute Gasteiger partial charge is 0.327 e. The fourth-order valence-electron chi connectivity index (χ4n) is 4.15. The molecule has 134 valence electrons. The van der Waals surface area contributed by atoms with Gasteiger partial charge in [-0.05, 0) is 31.6 Å². The summed E-state index contributed by atoms with van der Waals surface area (Å²) in [6.07, 6.45) is 4.06. The van der Waals surface area contributed by atoms with Crippen molar-refractivity contribution >= 4 is 17.7 Å². The minimum atomic E-state index is -0.839. The van der Waals surface area contributed by atoms with Gasteiger partial charge in [0.2, 0.25) is 0 Å². The van der Waals surface area contributed by atoms with Crippen molar-refractivity contribution in [2.75, 3.05) is 13.6 Å². The topological polar surface area (TPSA) is 57.7 Å². The summed E-state index contributed by atoms with van der Waals surface area (Å²) in [6.45, 7) is 3.90. The summed E-state index contributed by atoms with van der Waals surface area (Å²) in [6, 6.07) is 8.44. The number of hydrogen-bond acceptors (Lipinski definition) is 3. The Balaban J connectivity index is 1.79. The number of rotatable bonds is 4. The van der Waals surface area contributed by atoms with Crippen LogP contribution in [0.5, 0.6) is 0 Å². The van der Waals surface area contributed by atoms with E-state index >= 15 is 0 Å². The lowest BCUT2D eigenvalue weighted by molar-refractivity contribution is -0.135. The molecule has 1 heterocycles. The first-order valence-corrected chi connectivity index (χ1v) is 9.03. The molecule has 5 nitrogen and oxygen atoms in total. The van der Waals surface area contributed by atoms with Crippen LogP contribution in [0.2, 0.25) is 0 Å². The lowest BCUT2D eigenvalue weighted by Crippen LogP contribution is -2.52. The number of imide groups is 1.